The van der Waals surface area contributed by atoms with Crippen LogP contribution < -0.4 is 0 Å². The Bertz CT molecular complexity index is 1000. The molecule has 186 valence electrons. The van der Waals surface area contributed by atoms with Crippen LogP contribution in [0.5, 0.6) is 0 Å². The second-order valence-corrected chi connectivity index (χ2v) is 9.53. The summed E-state index contributed by atoms with van der Waals surface area (Å²) in [5.74, 6) is -0.309. The van der Waals surface area contributed by atoms with Crippen molar-refractivity contribution in [2.75, 3.05) is 39.3 Å². The van der Waals surface area contributed by atoms with Crippen molar-refractivity contribution in [1.82, 2.24) is 14.7 Å². The van der Waals surface area contributed by atoms with Crippen LogP contribution in [0, 0.1) is 11.7 Å². The van der Waals surface area contributed by atoms with Gasteiger partial charge in [-0.1, -0.05) is 42.5 Å². The summed E-state index contributed by atoms with van der Waals surface area (Å²) in [5.41, 5.74) is 2.02. The molecule has 0 aliphatic carbocycles. The summed E-state index contributed by atoms with van der Waals surface area (Å²) in [6, 6.07) is 16.2. The van der Waals surface area contributed by atoms with Crippen molar-refractivity contribution in [1.29, 1.82) is 0 Å². The van der Waals surface area contributed by atoms with E-state index in [2.05, 4.69) is 12.1 Å². The third-order valence-electron chi connectivity index (χ3n) is 7.03. The van der Waals surface area contributed by atoms with E-state index < -0.39 is 0 Å². The number of hydrogen-bond donors (Lipinski definition) is 0. The van der Waals surface area contributed by atoms with Gasteiger partial charge in [0.2, 0.25) is 17.7 Å². The molecule has 0 N–H and O–H groups in total. The fraction of sp³-hybridized carbons (Fsp3) is 0.464. The molecule has 1 unspecified atom stereocenters. The van der Waals surface area contributed by atoms with Crippen LogP contribution in [0.3, 0.4) is 0 Å². The van der Waals surface area contributed by atoms with E-state index in [1.165, 1.54) is 17.7 Å². The molecule has 2 aliphatic heterocycles. The largest absolute Gasteiger partial charge is 0.342 e. The lowest BCUT2D eigenvalue weighted by Crippen LogP contribution is -2.54. The Morgan fingerprint density at radius 3 is 2.17 bits per heavy atom. The average Bonchev–Trinajstić information content (AvgIpc) is 2.90. The third kappa shape index (κ3) is 6.90. The molecule has 4 rings (SSSR count). The maximum atomic E-state index is 13.2. The highest BCUT2D eigenvalue weighted by Crippen LogP contribution is 2.21. The maximum Gasteiger partial charge on any atom is 0.227 e. The number of carbonyl (C=O) groups is 3. The predicted octanol–water partition coefficient (Wildman–Crippen LogP) is 3.30. The Labute approximate surface area is 206 Å². The Morgan fingerprint density at radius 2 is 1.46 bits per heavy atom. The van der Waals surface area contributed by atoms with Gasteiger partial charge in [-0.25, -0.2) is 4.39 Å². The summed E-state index contributed by atoms with van der Waals surface area (Å²) in [6.07, 6.45) is 4.03. The zero-order chi connectivity index (χ0) is 24.6. The average molecular weight is 480 g/mol. The van der Waals surface area contributed by atoms with E-state index in [1.54, 1.807) is 17.0 Å². The topological polar surface area (TPSA) is 60.9 Å². The number of piperazine rings is 1. The maximum absolute atomic E-state index is 13.2. The molecule has 2 aromatic carbocycles. The first kappa shape index (κ1) is 24.9. The molecular weight excluding hydrogens is 445 g/mol. The minimum absolute atomic E-state index is 0.0278. The number of likely N-dealkylation sites (tertiary alicyclic amines) is 1. The number of piperidine rings is 1. The molecule has 0 bridgehead atoms. The first-order chi connectivity index (χ1) is 17.0. The molecule has 0 aromatic heterocycles. The van der Waals surface area contributed by atoms with E-state index in [1.807, 2.05) is 28.0 Å². The predicted molar refractivity (Wildman–Crippen MR) is 132 cm³/mol. The number of halogens is 1. The van der Waals surface area contributed by atoms with E-state index in [4.69, 9.17) is 0 Å². The van der Waals surface area contributed by atoms with Gasteiger partial charge in [0.05, 0.1) is 12.3 Å². The van der Waals surface area contributed by atoms with Gasteiger partial charge >= 0.3 is 0 Å². The lowest BCUT2D eigenvalue weighted by molar-refractivity contribution is -0.145. The quantitative estimate of drug-likeness (QED) is 0.612. The number of aryl methyl sites for hydroxylation is 1. The van der Waals surface area contributed by atoms with Gasteiger partial charge in [0.1, 0.15) is 5.82 Å². The van der Waals surface area contributed by atoms with Crippen molar-refractivity contribution >= 4 is 17.7 Å². The van der Waals surface area contributed by atoms with Crippen LogP contribution in [-0.4, -0.2) is 71.7 Å². The number of rotatable bonds is 7. The minimum atomic E-state index is -0.321. The van der Waals surface area contributed by atoms with Crippen molar-refractivity contribution in [2.45, 2.75) is 38.5 Å². The normalized spacial score (nSPS) is 18.4. The summed E-state index contributed by atoms with van der Waals surface area (Å²) in [5, 5.41) is 0. The molecule has 2 aromatic rings. The summed E-state index contributed by atoms with van der Waals surface area (Å²) in [7, 11) is 0. The molecule has 2 fully saturated rings. The molecule has 7 heteroatoms. The van der Waals surface area contributed by atoms with Crippen LogP contribution >= 0.6 is 0 Å². The molecule has 0 saturated carbocycles. The second kappa shape index (κ2) is 12.0. The van der Waals surface area contributed by atoms with Crippen LogP contribution in [-0.2, 0) is 27.2 Å². The van der Waals surface area contributed by atoms with E-state index in [0.717, 1.165) is 31.2 Å². The molecule has 35 heavy (non-hydrogen) atoms. The van der Waals surface area contributed by atoms with Gasteiger partial charge in [-0.3, -0.25) is 14.4 Å². The summed E-state index contributed by atoms with van der Waals surface area (Å²) < 4.78 is 13.1. The summed E-state index contributed by atoms with van der Waals surface area (Å²) in [4.78, 5) is 44.0. The zero-order valence-corrected chi connectivity index (χ0v) is 20.2. The standard InChI is InChI=1S/C28H34FN3O3/c29-25-13-11-23(12-14-25)20-27(34)32-15-5-9-24(21-32)28(35)31-18-16-30(17-19-31)26(33)10-4-8-22-6-2-1-3-7-22/h1-3,6-7,11-14,24H,4-5,8-10,15-21H2. The van der Waals surface area contributed by atoms with Gasteiger partial charge in [0.15, 0.2) is 0 Å². The molecule has 3 amide bonds. The van der Waals surface area contributed by atoms with Crippen molar-refractivity contribution < 1.29 is 18.8 Å². The van der Waals surface area contributed by atoms with E-state index >= 15 is 0 Å². The van der Waals surface area contributed by atoms with E-state index in [9.17, 15) is 18.8 Å². The molecule has 0 spiro atoms. The molecule has 0 radical (unpaired) electrons. The Morgan fingerprint density at radius 1 is 0.771 bits per heavy atom. The number of carbonyl (C=O) groups excluding carboxylic acids is 3. The second-order valence-electron chi connectivity index (χ2n) is 9.53. The van der Waals surface area contributed by atoms with Gasteiger partial charge in [-0.05, 0) is 48.9 Å². The fourth-order valence-electron chi connectivity index (χ4n) is 4.97. The molecule has 2 heterocycles. The van der Waals surface area contributed by atoms with Crippen LogP contribution in [0.4, 0.5) is 4.39 Å². The zero-order valence-electron chi connectivity index (χ0n) is 20.2. The molecule has 1 atom stereocenters. The van der Waals surface area contributed by atoms with Crippen LogP contribution in [0.15, 0.2) is 54.6 Å². The fourth-order valence-corrected chi connectivity index (χ4v) is 4.97. The Kier molecular flexibility index (Phi) is 8.50. The minimum Gasteiger partial charge on any atom is -0.342 e. The van der Waals surface area contributed by atoms with Gasteiger partial charge in [-0.2, -0.15) is 0 Å². The first-order valence-electron chi connectivity index (χ1n) is 12.6. The summed E-state index contributed by atoms with van der Waals surface area (Å²) in [6.45, 7) is 3.30. The Hall–Kier alpha value is -3.22. The molecule has 6 nitrogen and oxygen atoms in total. The number of nitrogens with zero attached hydrogens (tertiary/aromatic N) is 3. The van der Waals surface area contributed by atoms with E-state index in [-0.39, 0.29) is 35.9 Å². The van der Waals surface area contributed by atoms with Gasteiger partial charge in [0.25, 0.3) is 0 Å². The Balaban J connectivity index is 1.20. The SMILES string of the molecule is O=C(CCCc1ccccc1)N1CCN(C(=O)C2CCCN(C(=O)Cc3ccc(F)cc3)C2)CC1. The lowest BCUT2D eigenvalue weighted by Gasteiger charge is -2.39. The highest BCUT2D eigenvalue weighted by molar-refractivity contribution is 5.83. The number of hydrogen-bond acceptors (Lipinski definition) is 3. The molecular formula is C28H34FN3O3. The summed E-state index contributed by atoms with van der Waals surface area (Å²) >= 11 is 0. The monoisotopic (exact) mass is 479 g/mol. The highest BCUT2D eigenvalue weighted by Gasteiger charge is 2.33. The highest BCUT2D eigenvalue weighted by atomic mass is 19.1. The smallest absolute Gasteiger partial charge is 0.227 e. The van der Waals surface area contributed by atoms with Gasteiger partial charge in [-0.15, -0.1) is 0 Å². The molecule has 2 saturated heterocycles. The van der Waals surface area contributed by atoms with Crippen molar-refractivity contribution in [2.24, 2.45) is 5.92 Å². The first-order valence-corrected chi connectivity index (χ1v) is 12.6. The van der Waals surface area contributed by atoms with Crippen molar-refractivity contribution in [3.05, 3.63) is 71.5 Å². The van der Waals surface area contributed by atoms with Gasteiger partial charge < -0.3 is 14.7 Å². The van der Waals surface area contributed by atoms with Crippen LogP contribution in [0.25, 0.3) is 0 Å². The third-order valence-corrected chi connectivity index (χ3v) is 7.03. The van der Waals surface area contributed by atoms with Crippen LogP contribution in [0.2, 0.25) is 0 Å². The van der Waals surface area contributed by atoms with Crippen LogP contribution in [0.1, 0.15) is 36.8 Å². The van der Waals surface area contributed by atoms with Crippen molar-refractivity contribution in [3.8, 4) is 0 Å². The molecule has 2 aliphatic rings. The lowest BCUT2D eigenvalue weighted by atomic mass is 9.95. The number of benzene rings is 2. The van der Waals surface area contributed by atoms with E-state index in [0.29, 0.717) is 45.7 Å². The van der Waals surface area contributed by atoms with Crippen molar-refractivity contribution in [3.63, 3.8) is 0 Å². The van der Waals surface area contributed by atoms with Gasteiger partial charge in [0, 0.05) is 45.7 Å². The number of amides is 3.